The minimum atomic E-state index is -0.00607. The van der Waals surface area contributed by atoms with Gasteiger partial charge in [0.05, 0.1) is 8.66 Å². The molecule has 1 nitrogen and oxygen atoms in total. The van der Waals surface area contributed by atoms with Crippen molar-refractivity contribution >= 4 is 51.2 Å². The van der Waals surface area contributed by atoms with Gasteiger partial charge in [-0.05, 0) is 35.8 Å². The number of thioether (sulfide) groups is 3. The monoisotopic (exact) mass is 346 g/mol. The van der Waals surface area contributed by atoms with Crippen molar-refractivity contribution in [2.24, 2.45) is 0 Å². The maximum Gasteiger partial charge on any atom is 0.215 e. The lowest BCUT2D eigenvalue weighted by atomic mass is 10.0. The molecule has 2 aromatic rings. The lowest BCUT2D eigenvalue weighted by Crippen LogP contribution is -2.10. The van der Waals surface area contributed by atoms with Crippen LogP contribution in [0.5, 0.6) is 0 Å². The molecule has 0 amide bonds. The minimum absolute atomic E-state index is 0.00607. The number of hydrogen-bond acceptors (Lipinski definition) is 4. The van der Waals surface area contributed by atoms with E-state index in [0.29, 0.717) is 5.57 Å². The molecule has 2 aromatic carbocycles. The lowest BCUT2D eigenvalue weighted by molar-refractivity contribution is -0.107. The summed E-state index contributed by atoms with van der Waals surface area (Å²) in [4.78, 5) is 11.9. The van der Waals surface area contributed by atoms with E-state index in [1.54, 1.807) is 6.92 Å². The second-order valence-electron chi connectivity index (χ2n) is 5.52. The molecule has 1 aliphatic heterocycles. The van der Waals surface area contributed by atoms with Gasteiger partial charge in [0.1, 0.15) is 0 Å². The molecule has 0 radical (unpaired) electrons. The molecule has 1 heterocycles. The summed E-state index contributed by atoms with van der Waals surface area (Å²) in [6.07, 6.45) is 0. The standard InChI is InChI=1S/C18H18OS3/c1-12(2)17(19)21-16-11-20-18(3,22-16)15-10-6-8-13-7-4-5-9-14(13)15/h4-10,16H,1,11H2,2-3H3. The van der Waals surface area contributed by atoms with Crippen molar-refractivity contribution in [1.29, 1.82) is 0 Å². The first kappa shape index (κ1) is 16.0. The number of carbonyl (C=O) groups excluding carboxylic acids is 1. The number of fused-ring (bicyclic) bond motifs is 1. The van der Waals surface area contributed by atoms with E-state index in [2.05, 4.69) is 56.0 Å². The maximum atomic E-state index is 11.9. The molecule has 0 saturated carbocycles. The van der Waals surface area contributed by atoms with Crippen molar-refractivity contribution in [3.05, 3.63) is 60.2 Å². The van der Waals surface area contributed by atoms with Crippen LogP contribution in [0.1, 0.15) is 19.4 Å². The van der Waals surface area contributed by atoms with E-state index in [4.69, 9.17) is 0 Å². The third-order valence-corrected chi connectivity index (χ3v) is 8.72. The van der Waals surface area contributed by atoms with Gasteiger partial charge >= 0.3 is 0 Å². The summed E-state index contributed by atoms with van der Waals surface area (Å²) in [5, 5.41) is 2.70. The van der Waals surface area contributed by atoms with Crippen LogP contribution in [0.15, 0.2) is 54.6 Å². The average molecular weight is 347 g/mol. The Labute approximate surface area is 144 Å². The second kappa shape index (κ2) is 6.34. The van der Waals surface area contributed by atoms with Crippen LogP contribution in [0.4, 0.5) is 0 Å². The molecule has 114 valence electrons. The molecule has 4 heteroatoms. The molecule has 1 fully saturated rings. The maximum absolute atomic E-state index is 11.9. The van der Waals surface area contributed by atoms with Crippen molar-refractivity contribution in [1.82, 2.24) is 0 Å². The van der Waals surface area contributed by atoms with E-state index >= 15 is 0 Å². The average Bonchev–Trinajstić information content (AvgIpc) is 2.89. The van der Waals surface area contributed by atoms with Gasteiger partial charge in [-0.2, -0.15) is 0 Å². The lowest BCUT2D eigenvalue weighted by Gasteiger charge is -2.24. The summed E-state index contributed by atoms with van der Waals surface area (Å²) in [7, 11) is 0. The first-order valence-corrected chi connectivity index (χ1v) is 9.90. The zero-order valence-electron chi connectivity index (χ0n) is 12.7. The molecule has 0 aromatic heterocycles. The SMILES string of the molecule is C=C(C)C(=O)SC1CSC(C)(c2cccc3ccccc23)S1. The third-order valence-electron chi connectivity index (χ3n) is 3.72. The summed E-state index contributed by atoms with van der Waals surface area (Å²) in [5.41, 5.74) is 1.99. The fourth-order valence-corrected chi connectivity index (χ4v) is 7.61. The molecule has 0 N–H and O–H groups in total. The van der Waals surface area contributed by atoms with E-state index in [-0.39, 0.29) is 13.8 Å². The van der Waals surface area contributed by atoms with E-state index in [1.807, 2.05) is 23.5 Å². The molecular formula is C18H18OS3. The number of benzene rings is 2. The zero-order valence-corrected chi connectivity index (χ0v) is 15.1. The van der Waals surface area contributed by atoms with Crippen molar-refractivity contribution in [2.45, 2.75) is 22.5 Å². The van der Waals surface area contributed by atoms with Gasteiger partial charge in [-0.1, -0.05) is 60.8 Å². The van der Waals surface area contributed by atoms with Gasteiger partial charge in [-0.3, -0.25) is 4.79 Å². The van der Waals surface area contributed by atoms with Gasteiger partial charge in [0.2, 0.25) is 5.12 Å². The Kier molecular flexibility index (Phi) is 4.62. The molecule has 22 heavy (non-hydrogen) atoms. The first-order chi connectivity index (χ1) is 10.5. The van der Waals surface area contributed by atoms with Crippen LogP contribution in [-0.2, 0) is 8.87 Å². The Morgan fingerprint density at radius 2 is 2.00 bits per heavy atom. The Bertz CT molecular complexity index is 735. The normalized spacial score (nSPS) is 24.5. The fraction of sp³-hybridized carbons (Fsp3) is 0.278. The molecule has 0 aliphatic carbocycles. The van der Waals surface area contributed by atoms with Crippen molar-refractivity contribution < 1.29 is 4.79 Å². The van der Waals surface area contributed by atoms with Crippen LogP contribution in [0.25, 0.3) is 10.8 Å². The summed E-state index contributed by atoms with van der Waals surface area (Å²) in [5.74, 6) is 0.980. The van der Waals surface area contributed by atoms with Gasteiger partial charge in [0.25, 0.3) is 0 Å². The van der Waals surface area contributed by atoms with Gasteiger partial charge in [0, 0.05) is 5.75 Å². The Morgan fingerprint density at radius 1 is 1.27 bits per heavy atom. The molecule has 1 saturated heterocycles. The van der Waals surface area contributed by atoms with Crippen molar-refractivity contribution in [3.63, 3.8) is 0 Å². The molecule has 2 atom stereocenters. The van der Waals surface area contributed by atoms with E-state index in [0.717, 1.165) is 5.75 Å². The van der Waals surface area contributed by atoms with E-state index in [1.165, 1.54) is 28.1 Å². The minimum Gasteiger partial charge on any atom is -0.282 e. The predicted octanol–water partition coefficient (Wildman–Crippen LogP) is 5.65. The Hall–Kier alpha value is -0.840. The van der Waals surface area contributed by atoms with Gasteiger partial charge in [0.15, 0.2) is 0 Å². The summed E-state index contributed by atoms with van der Waals surface area (Å²) >= 11 is 5.25. The van der Waals surface area contributed by atoms with Gasteiger partial charge in [-0.25, -0.2) is 0 Å². The first-order valence-electron chi connectivity index (χ1n) is 7.16. The fourth-order valence-electron chi connectivity index (χ4n) is 2.59. The van der Waals surface area contributed by atoms with Crippen LogP contribution in [0.3, 0.4) is 0 Å². The highest BCUT2D eigenvalue weighted by atomic mass is 32.2. The largest absolute Gasteiger partial charge is 0.282 e. The highest BCUT2D eigenvalue weighted by Gasteiger charge is 2.40. The predicted molar refractivity (Wildman–Crippen MR) is 103 cm³/mol. The Morgan fingerprint density at radius 3 is 2.77 bits per heavy atom. The molecule has 3 rings (SSSR count). The van der Waals surface area contributed by atoms with E-state index < -0.39 is 0 Å². The van der Waals surface area contributed by atoms with Gasteiger partial charge < -0.3 is 0 Å². The van der Waals surface area contributed by atoms with Crippen LogP contribution >= 0.6 is 35.3 Å². The van der Waals surface area contributed by atoms with Crippen molar-refractivity contribution in [2.75, 3.05) is 5.75 Å². The number of carbonyl (C=O) groups is 1. The highest BCUT2D eigenvalue weighted by Crippen LogP contribution is 2.58. The quantitative estimate of drug-likeness (QED) is 0.667. The van der Waals surface area contributed by atoms with Crippen LogP contribution in [-0.4, -0.2) is 15.5 Å². The number of hydrogen-bond donors (Lipinski definition) is 0. The Balaban J connectivity index is 1.88. The summed E-state index contributed by atoms with van der Waals surface area (Å²) in [6.45, 7) is 7.80. The smallest absolute Gasteiger partial charge is 0.215 e. The molecule has 2 unspecified atom stereocenters. The number of rotatable bonds is 3. The summed E-state index contributed by atoms with van der Waals surface area (Å²) in [6, 6.07) is 15.0. The third kappa shape index (κ3) is 3.10. The topological polar surface area (TPSA) is 17.1 Å². The van der Waals surface area contributed by atoms with Crippen molar-refractivity contribution in [3.8, 4) is 0 Å². The van der Waals surface area contributed by atoms with Crippen LogP contribution in [0.2, 0.25) is 0 Å². The highest BCUT2D eigenvalue weighted by molar-refractivity contribution is 8.32. The van der Waals surface area contributed by atoms with Crippen LogP contribution in [0, 0.1) is 0 Å². The molecule has 1 aliphatic rings. The second-order valence-corrected chi connectivity index (χ2v) is 10.3. The van der Waals surface area contributed by atoms with E-state index in [9.17, 15) is 4.79 Å². The molecule has 0 bridgehead atoms. The van der Waals surface area contributed by atoms with Gasteiger partial charge in [-0.15, -0.1) is 23.5 Å². The molecular weight excluding hydrogens is 328 g/mol. The zero-order chi connectivity index (χ0) is 15.7. The van der Waals surface area contributed by atoms with Crippen LogP contribution < -0.4 is 0 Å². The molecule has 0 spiro atoms. The summed E-state index contributed by atoms with van der Waals surface area (Å²) < 4.78 is 0.284.